The van der Waals surface area contributed by atoms with Gasteiger partial charge in [-0.15, -0.1) is 0 Å². The molecule has 16 heavy (non-hydrogen) atoms. The predicted octanol–water partition coefficient (Wildman–Crippen LogP) is 1.14. The zero-order valence-electron chi connectivity index (χ0n) is 9.26. The lowest BCUT2D eigenvalue weighted by Crippen LogP contribution is -2.15. The minimum atomic E-state index is -0.0648. The van der Waals surface area contributed by atoms with Gasteiger partial charge in [-0.25, -0.2) is 9.97 Å². The average Bonchev–Trinajstić information content (AvgIpc) is 2.34. The van der Waals surface area contributed by atoms with E-state index in [1.54, 1.807) is 0 Å². The largest absolute Gasteiger partial charge is 0.477 e. The first-order chi connectivity index (χ1) is 7.77. The molecule has 0 bridgehead atoms. The van der Waals surface area contributed by atoms with E-state index >= 15 is 0 Å². The zero-order valence-corrected chi connectivity index (χ0v) is 9.26. The molecule has 0 fully saturated rings. The maximum atomic E-state index is 8.42. The standard InChI is InChI=1S/C10H16N4O2/c1-2-3-4-5-16-9-7-12-8(6-13-9)10(11)14-15/h6-7,15H,2-5H2,1H3,(H2,11,14). The van der Waals surface area contributed by atoms with Crippen LogP contribution in [-0.4, -0.2) is 27.6 Å². The molecule has 3 N–H and O–H groups in total. The molecule has 0 aromatic carbocycles. The lowest BCUT2D eigenvalue weighted by atomic mass is 10.3. The number of hydrogen-bond donors (Lipinski definition) is 2. The highest BCUT2D eigenvalue weighted by molar-refractivity contribution is 5.94. The van der Waals surface area contributed by atoms with Crippen molar-refractivity contribution in [3.63, 3.8) is 0 Å². The van der Waals surface area contributed by atoms with Gasteiger partial charge in [0.05, 0.1) is 19.0 Å². The minimum Gasteiger partial charge on any atom is -0.477 e. The summed E-state index contributed by atoms with van der Waals surface area (Å²) in [5.41, 5.74) is 5.66. The first-order valence-electron chi connectivity index (χ1n) is 5.20. The second-order valence-corrected chi connectivity index (χ2v) is 3.28. The van der Waals surface area contributed by atoms with Crippen LogP contribution in [0.3, 0.4) is 0 Å². The van der Waals surface area contributed by atoms with E-state index in [4.69, 9.17) is 15.7 Å². The number of amidine groups is 1. The quantitative estimate of drug-likeness (QED) is 0.248. The number of unbranched alkanes of at least 4 members (excludes halogenated alkanes) is 2. The molecular weight excluding hydrogens is 208 g/mol. The van der Waals surface area contributed by atoms with Crippen LogP contribution in [0, 0.1) is 0 Å². The molecule has 0 saturated carbocycles. The van der Waals surface area contributed by atoms with Crippen LogP contribution in [0.5, 0.6) is 5.88 Å². The van der Waals surface area contributed by atoms with E-state index in [0.29, 0.717) is 18.2 Å². The van der Waals surface area contributed by atoms with Crippen molar-refractivity contribution < 1.29 is 9.94 Å². The number of oxime groups is 1. The number of hydrogen-bond acceptors (Lipinski definition) is 5. The Kier molecular flexibility index (Phi) is 5.04. The number of nitrogens with two attached hydrogens (primary N) is 1. The van der Waals surface area contributed by atoms with E-state index < -0.39 is 0 Å². The molecule has 0 radical (unpaired) electrons. The van der Waals surface area contributed by atoms with Crippen LogP contribution in [0.1, 0.15) is 31.9 Å². The number of rotatable bonds is 6. The van der Waals surface area contributed by atoms with Crippen molar-refractivity contribution >= 4 is 5.84 Å². The van der Waals surface area contributed by atoms with Crippen molar-refractivity contribution in [2.75, 3.05) is 6.61 Å². The van der Waals surface area contributed by atoms with Crippen LogP contribution < -0.4 is 10.5 Å². The van der Waals surface area contributed by atoms with Crippen molar-refractivity contribution in [3.8, 4) is 5.88 Å². The van der Waals surface area contributed by atoms with E-state index in [0.717, 1.165) is 19.3 Å². The molecule has 0 aliphatic heterocycles. The second-order valence-electron chi connectivity index (χ2n) is 3.28. The summed E-state index contributed by atoms with van der Waals surface area (Å²) in [5, 5.41) is 11.2. The van der Waals surface area contributed by atoms with Crippen molar-refractivity contribution in [2.24, 2.45) is 10.9 Å². The van der Waals surface area contributed by atoms with E-state index in [1.807, 2.05) is 0 Å². The van der Waals surface area contributed by atoms with E-state index in [-0.39, 0.29) is 5.84 Å². The topological polar surface area (TPSA) is 93.6 Å². The second kappa shape index (κ2) is 6.60. The number of nitrogens with zero attached hydrogens (tertiary/aromatic N) is 3. The molecule has 1 aromatic heterocycles. The van der Waals surface area contributed by atoms with Crippen molar-refractivity contribution in [1.29, 1.82) is 0 Å². The minimum absolute atomic E-state index is 0.0648. The van der Waals surface area contributed by atoms with Gasteiger partial charge in [-0.1, -0.05) is 24.9 Å². The van der Waals surface area contributed by atoms with Gasteiger partial charge in [-0.3, -0.25) is 0 Å². The summed E-state index contributed by atoms with van der Waals surface area (Å²) in [6.07, 6.45) is 6.15. The highest BCUT2D eigenvalue weighted by Crippen LogP contribution is 2.05. The van der Waals surface area contributed by atoms with Crippen LogP contribution in [-0.2, 0) is 0 Å². The molecule has 88 valence electrons. The Morgan fingerprint density at radius 3 is 2.81 bits per heavy atom. The van der Waals surface area contributed by atoms with Crippen molar-refractivity contribution in [1.82, 2.24) is 9.97 Å². The smallest absolute Gasteiger partial charge is 0.232 e. The Bertz CT molecular complexity index is 337. The summed E-state index contributed by atoms with van der Waals surface area (Å²) >= 11 is 0. The maximum Gasteiger partial charge on any atom is 0.232 e. The van der Waals surface area contributed by atoms with Crippen LogP contribution in [0.4, 0.5) is 0 Å². The fourth-order valence-electron chi connectivity index (χ4n) is 1.10. The third-order valence-corrected chi connectivity index (χ3v) is 2.00. The summed E-state index contributed by atoms with van der Waals surface area (Å²) in [6, 6.07) is 0. The van der Waals surface area contributed by atoms with Gasteiger partial charge in [0, 0.05) is 0 Å². The molecule has 1 rings (SSSR count). The molecule has 6 nitrogen and oxygen atoms in total. The zero-order chi connectivity index (χ0) is 11.8. The van der Waals surface area contributed by atoms with Crippen molar-refractivity contribution in [2.45, 2.75) is 26.2 Å². The lowest BCUT2D eigenvalue weighted by molar-refractivity contribution is 0.293. The summed E-state index contributed by atoms with van der Waals surface area (Å²) < 4.78 is 5.36. The normalized spacial score (nSPS) is 11.4. The van der Waals surface area contributed by atoms with Gasteiger partial charge in [0.2, 0.25) is 5.88 Å². The van der Waals surface area contributed by atoms with Gasteiger partial charge in [-0.2, -0.15) is 0 Å². The Labute approximate surface area is 94.2 Å². The highest BCUT2D eigenvalue weighted by Gasteiger charge is 2.02. The van der Waals surface area contributed by atoms with Gasteiger partial charge in [0.1, 0.15) is 5.69 Å². The van der Waals surface area contributed by atoms with E-state index in [1.165, 1.54) is 12.4 Å². The van der Waals surface area contributed by atoms with Gasteiger partial charge < -0.3 is 15.7 Å². The highest BCUT2D eigenvalue weighted by atomic mass is 16.5. The number of aromatic nitrogens is 2. The van der Waals surface area contributed by atoms with E-state index in [9.17, 15) is 0 Å². The van der Waals surface area contributed by atoms with Gasteiger partial charge >= 0.3 is 0 Å². The van der Waals surface area contributed by atoms with Crippen molar-refractivity contribution in [3.05, 3.63) is 18.1 Å². The molecule has 1 heterocycles. The predicted molar refractivity (Wildman–Crippen MR) is 59.6 cm³/mol. The summed E-state index contributed by atoms with van der Waals surface area (Å²) in [4.78, 5) is 7.93. The Balaban J connectivity index is 2.45. The molecule has 0 unspecified atom stereocenters. The van der Waals surface area contributed by atoms with Gasteiger partial charge in [-0.05, 0) is 6.42 Å². The Morgan fingerprint density at radius 1 is 1.44 bits per heavy atom. The third-order valence-electron chi connectivity index (χ3n) is 2.00. The molecule has 0 aliphatic carbocycles. The average molecular weight is 224 g/mol. The van der Waals surface area contributed by atoms with Crippen LogP contribution in [0.25, 0.3) is 0 Å². The molecule has 0 amide bonds. The number of ether oxygens (including phenoxy) is 1. The summed E-state index contributed by atoms with van der Waals surface area (Å²) in [5.74, 6) is 0.385. The third kappa shape index (κ3) is 3.72. The molecule has 0 aliphatic rings. The van der Waals surface area contributed by atoms with E-state index in [2.05, 4.69) is 22.0 Å². The maximum absolute atomic E-state index is 8.42. The lowest BCUT2D eigenvalue weighted by Gasteiger charge is -2.04. The van der Waals surface area contributed by atoms with Gasteiger partial charge in [0.25, 0.3) is 0 Å². The summed E-state index contributed by atoms with van der Waals surface area (Å²) in [6.45, 7) is 2.76. The van der Waals surface area contributed by atoms with Crippen LogP contribution in [0.15, 0.2) is 17.5 Å². The first kappa shape index (κ1) is 12.2. The molecule has 6 heteroatoms. The fraction of sp³-hybridized carbons (Fsp3) is 0.500. The molecule has 0 atom stereocenters. The van der Waals surface area contributed by atoms with Crippen LogP contribution in [0.2, 0.25) is 0 Å². The molecule has 0 spiro atoms. The molecule has 1 aromatic rings. The fourth-order valence-corrected chi connectivity index (χ4v) is 1.10. The van der Waals surface area contributed by atoms with Gasteiger partial charge in [0.15, 0.2) is 5.84 Å². The Morgan fingerprint density at radius 2 is 2.25 bits per heavy atom. The molecule has 0 saturated heterocycles. The Hall–Kier alpha value is -1.85. The first-order valence-corrected chi connectivity index (χ1v) is 5.20. The SMILES string of the molecule is CCCCCOc1cnc(C(N)=NO)cn1. The molecular formula is C10H16N4O2. The summed E-state index contributed by atoms with van der Waals surface area (Å²) in [7, 11) is 0. The van der Waals surface area contributed by atoms with Crippen LogP contribution >= 0.6 is 0 Å². The monoisotopic (exact) mass is 224 g/mol.